The summed E-state index contributed by atoms with van der Waals surface area (Å²) in [5, 5.41) is 0. The maximum Gasteiger partial charge on any atom is 0.472 e. The Morgan fingerprint density at radius 2 is 1.46 bits per heavy atom. The first-order valence-corrected chi connectivity index (χ1v) is 13.8. The van der Waals surface area contributed by atoms with E-state index < -0.39 is 38.4 Å². The lowest BCUT2D eigenvalue weighted by Crippen LogP contribution is -2.29. The minimum absolute atomic E-state index is 0.000924. The summed E-state index contributed by atoms with van der Waals surface area (Å²) in [7, 11) is -4.50. The lowest BCUT2D eigenvalue weighted by molar-refractivity contribution is -0.160. The number of hydrogen-bond donors (Lipinski definition) is 1. The van der Waals surface area contributed by atoms with Crippen molar-refractivity contribution in [3.05, 3.63) is 0 Å². The third-order valence-electron chi connectivity index (χ3n) is 4.32. The molecule has 0 saturated heterocycles. The number of ether oxygens (including phenoxy) is 5. The highest BCUT2D eigenvalue weighted by molar-refractivity contribution is 7.47. The molecular formula is C23H41O13P. The minimum Gasteiger partial charge on any atom is -0.463 e. The van der Waals surface area contributed by atoms with Gasteiger partial charge < -0.3 is 28.6 Å². The van der Waals surface area contributed by atoms with Crippen LogP contribution in [-0.4, -0.2) is 87.0 Å². The molecule has 0 bridgehead atoms. The second-order valence-corrected chi connectivity index (χ2v) is 9.49. The van der Waals surface area contributed by atoms with Crippen molar-refractivity contribution in [2.45, 2.75) is 78.4 Å². The van der Waals surface area contributed by atoms with Crippen molar-refractivity contribution >= 4 is 31.5 Å². The van der Waals surface area contributed by atoms with E-state index in [0.29, 0.717) is 19.4 Å². The molecule has 0 radical (unpaired) electrons. The Morgan fingerprint density at radius 3 is 2.11 bits per heavy atom. The molecule has 2 atom stereocenters. The van der Waals surface area contributed by atoms with Gasteiger partial charge >= 0.3 is 25.7 Å². The second-order valence-electron chi connectivity index (χ2n) is 8.04. The summed E-state index contributed by atoms with van der Waals surface area (Å²) < 4.78 is 47.1. The number of ketones is 1. The zero-order valence-electron chi connectivity index (χ0n) is 22.1. The highest BCUT2D eigenvalue weighted by Gasteiger charge is 2.25. The van der Waals surface area contributed by atoms with Gasteiger partial charge in [0.25, 0.3) is 0 Å². The van der Waals surface area contributed by atoms with Crippen molar-refractivity contribution in [1.29, 1.82) is 0 Å². The molecule has 0 aliphatic rings. The van der Waals surface area contributed by atoms with Gasteiger partial charge in [-0.15, -0.1) is 0 Å². The van der Waals surface area contributed by atoms with Gasteiger partial charge in [-0.3, -0.25) is 28.2 Å². The lowest BCUT2D eigenvalue weighted by atomic mass is 10.2. The van der Waals surface area contributed by atoms with E-state index >= 15 is 0 Å². The van der Waals surface area contributed by atoms with Gasteiger partial charge in [0.05, 0.1) is 25.9 Å². The molecule has 37 heavy (non-hydrogen) atoms. The number of carbonyl (C=O) groups excluding carboxylic acids is 4. The predicted octanol–water partition coefficient (Wildman–Crippen LogP) is 2.51. The Kier molecular flexibility index (Phi) is 20.0. The molecular weight excluding hydrogens is 515 g/mol. The van der Waals surface area contributed by atoms with Crippen LogP contribution in [0.3, 0.4) is 0 Å². The molecule has 2 unspecified atom stereocenters. The molecule has 0 aromatic rings. The van der Waals surface area contributed by atoms with E-state index in [0.717, 1.165) is 0 Å². The van der Waals surface area contributed by atoms with Gasteiger partial charge in [-0.05, 0) is 26.7 Å². The topological polar surface area (TPSA) is 170 Å². The molecule has 1 N–H and O–H groups in total. The van der Waals surface area contributed by atoms with Crippen molar-refractivity contribution in [2.24, 2.45) is 0 Å². The van der Waals surface area contributed by atoms with Crippen LogP contribution in [-0.2, 0) is 56.5 Å². The number of Topliss-reactive ketones (excluding diaryl/α,β-unsaturated/α-hetero) is 1. The van der Waals surface area contributed by atoms with E-state index in [9.17, 15) is 28.6 Å². The summed E-state index contributed by atoms with van der Waals surface area (Å²) in [4.78, 5) is 55.8. The van der Waals surface area contributed by atoms with Gasteiger partial charge in [0.1, 0.15) is 19.8 Å². The number of rotatable bonds is 23. The highest BCUT2D eigenvalue weighted by Crippen LogP contribution is 2.43. The predicted molar refractivity (Wildman–Crippen MR) is 129 cm³/mol. The Balaban J connectivity index is 3.99. The average molecular weight is 557 g/mol. The van der Waals surface area contributed by atoms with E-state index in [-0.39, 0.29) is 70.6 Å². The van der Waals surface area contributed by atoms with Crippen LogP contribution >= 0.6 is 7.82 Å². The Morgan fingerprint density at radius 1 is 0.784 bits per heavy atom. The van der Waals surface area contributed by atoms with Crippen molar-refractivity contribution in [1.82, 2.24) is 0 Å². The molecule has 0 aromatic carbocycles. The van der Waals surface area contributed by atoms with Crippen molar-refractivity contribution in [3.63, 3.8) is 0 Å². The van der Waals surface area contributed by atoms with Gasteiger partial charge in [-0.25, -0.2) is 4.57 Å². The van der Waals surface area contributed by atoms with E-state index in [1.165, 1.54) is 0 Å². The van der Waals surface area contributed by atoms with Crippen LogP contribution in [0.25, 0.3) is 0 Å². The smallest absolute Gasteiger partial charge is 0.463 e. The molecule has 0 amide bonds. The molecule has 216 valence electrons. The molecule has 0 heterocycles. The summed E-state index contributed by atoms with van der Waals surface area (Å²) in [6, 6.07) is 0. The third kappa shape index (κ3) is 21.9. The fourth-order valence-electron chi connectivity index (χ4n) is 2.38. The molecule has 0 fully saturated rings. The van der Waals surface area contributed by atoms with Crippen LogP contribution < -0.4 is 0 Å². The van der Waals surface area contributed by atoms with Gasteiger partial charge in [0, 0.05) is 32.3 Å². The van der Waals surface area contributed by atoms with Gasteiger partial charge in [0.2, 0.25) is 0 Å². The van der Waals surface area contributed by atoms with E-state index in [4.69, 9.17) is 32.7 Å². The monoisotopic (exact) mass is 556 g/mol. The van der Waals surface area contributed by atoms with E-state index in [1.54, 1.807) is 13.8 Å². The SMILES string of the molecule is CCC(=O)OCC(COP(=O)(O)OCCCC(=O)OCCOCCCC(=O)COC(C)C)OC(=O)CC. The number of carbonyl (C=O) groups is 4. The molecule has 0 rings (SSSR count). The van der Waals surface area contributed by atoms with Crippen LogP contribution in [0.4, 0.5) is 0 Å². The maximum absolute atomic E-state index is 12.0. The standard InChI is InChI=1S/C23H41O13P/c1-5-21(25)33-16-20(36-22(26)6-2)17-35-37(28,29)34-12-8-10-23(27)31-14-13-30-11-7-9-19(24)15-32-18(3)4/h18,20H,5-17H2,1-4H3,(H,28,29). The minimum atomic E-state index is -4.50. The van der Waals surface area contributed by atoms with Crippen LogP contribution in [0.5, 0.6) is 0 Å². The summed E-state index contributed by atoms with van der Waals surface area (Å²) >= 11 is 0. The zero-order valence-corrected chi connectivity index (χ0v) is 23.0. The van der Waals surface area contributed by atoms with Crippen LogP contribution in [0.1, 0.15) is 66.2 Å². The van der Waals surface area contributed by atoms with Crippen molar-refractivity contribution in [3.8, 4) is 0 Å². The Hall–Kier alpha value is -1.89. The maximum atomic E-state index is 12.0. The van der Waals surface area contributed by atoms with Crippen molar-refractivity contribution in [2.75, 3.05) is 46.2 Å². The van der Waals surface area contributed by atoms with Crippen LogP contribution in [0.15, 0.2) is 0 Å². The first-order chi connectivity index (χ1) is 17.5. The first kappa shape index (κ1) is 35.1. The fraction of sp³-hybridized carbons (Fsp3) is 0.826. The molecule has 0 aromatic heterocycles. The number of phosphoric ester groups is 1. The summed E-state index contributed by atoms with van der Waals surface area (Å²) in [5.41, 5.74) is 0. The number of phosphoric acid groups is 1. The van der Waals surface area contributed by atoms with Crippen LogP contribution in [0, 0.1) is 0 Å². The number of esters is 3. The molecule has 0 aliphatic carbocycles. The lowest BCUT2D eigenvalue weighted by Gasteiger charge is -2.19. The molecule has 0 spiro atoms. The summed E-state index contributed by atoms with van der Waals surface area (Å²) in [6.45, 7) is 6.38. The fourth-order valence-corrected chi connectivity index (χ4v) is 3.17. The largest absolute Gasteiger partial charge is 0.472 e. The van der Waals surface area contributed by atoms with E-state index in [2.05, 4.69) is 0 Å². The first-order valence-electron chi connectivity index (χ1n) is 12.3. The van der Waals surface area contributed by atoms with Crippen LogP contribution in [0.2, 0.25) is 0 Å². The summed E-state index contributed by atoms with van der Waals surface area (Å²) in [5.74, 6) is -1.66. The highest BCUT2D eigenvalue weighted by atomic mass is 31.2. The number of hydrogen-bond acceptors (Lipinski definition) is 12. The second kappa shape index (κ2) is 21.1. The average Bonchev–Trinajstić information content (AvgIpc) is 2.85. The normalized spacial score (nSPS) is 13.6. The Bertz CT molecular complexity index is 725. The molecule has 14 heteroatoms. The quantitative estimate of drug-likeness (QED) is 0.0843. The van der Waals surface area contributed by atoms with Crippen molar-refractivity contribution < 1.29 is 61.4 Å². The molecule has 0 saturated carbocycles. The van der Waals surface area contributed by atoms with Gasteiger partial charge in [-0.1, -0.05) is 13.8 Å². The van der Waals surface area contributed by atoms with E-state index in [1.807, 2.05) is 13.8 Å². The van der Waals surface area contributed by atoms with Gasteiger partial charge in [0.15, 0.2) is 11.9 Å². The summed E-state index contributed by atoms with van der Waals surface area (Å²) in [6.07, 6.45) is 0.0202. The molecule has 0 aliphatic heterocycles. The third-order valence-corrected chi connectivity index (χ3v) is 5.31. The Labute approximate surface area is 218 Å². The van der Waals surface area contributed by atoms with Gasteiger partial charge in [-0.2, -0.15) is 0 Å². The molecule has 13 nitrogen and oxygen atoms in total. The zero-order chi connectivity index (χ0) is 28.1.